The number of carboxylic acids is 1. The van der Waals surface area contributed by atoms with Gasteiger partial charge in [-0.05, 0) is 24.3 Å². The number of benzene rings is 1. The van der Waals surface area contributed by atoms with Crippen LogP contribution in [0, 0.1) is 0 Å². The number of rotatable bonds is 39. The molecule has 3 N–H and O–H groups in total. The Morgan fingerprint density at radius 2 is 0.625 bits per heavy atom. The van der Waals surface area contributed by atoms with Gasteiger partial charge in [-0.25, -0.2) is 4.79 Å². The molecular weight excluding hydrogens is 638 g/mol. The maximum Gasteiger partial charge on any atom is 0.329 e. The predicted octanol–water partition coefficient (Wildman–Crippen LogP) is 0.931. The van der Waals surface area contributed by atoms with E-state index in [0.29, 0.717) is 158 Å². The molecule has 1 aromatic carbocycles. The minimum absolute atomic E-state index is 0.239. The third-order valence-corrected chi connectivity index (χ3v) is 5.69. The minimum atomic E-state index is -0.998. The Bertz CT molecular complexity index is 806. The van der Waals surface area contributed by atoms with E-state index in [1.165, 1.54) is 0 Å². The van der Waals surface area contributed by atoms with Crippen LogP contribution in [0.5, 0.6) is 5.75 Å². The second-order valence-electron chi connectivity index (χ2n) is 9.60. The van der Waals surface area contributed by atoms with E-state index in [0.717, 1.165) is 5.75 Å². The van der Waals surface area contributed by atoms with E-state index >= 15 is 0 Å². The van der Waals surface area contributed by atoms with Crippen LogP contribution in [0.3, 0.4) is 0 Å². The second-order valence-corrected chi connectivity index (χ2v) is 9.60. The number of hydrogen-bond donors (Lipinski definition) is 2. The average molecular weight is 696 g/mol. The van der Waals surface area contributed by atoms with Crippen LogP contribution in [0.2, 0.25) is 0 Å². The van der Waals surface area contributed by atoms with Gasteiger partial charge in [0.15, 0.2) is 0 Å². The molecule has 1 aromatic rings. The molecule has 0 unspecified atom stereocenters. The van der Waals surface area contributed by atoms with Gasteiger partial charge in [0.05, 0.1) is 152 Å². The van der Waals surface area contributed by atoms with Crippen molar-refractivity contribution < 1.29 is 71.5 Å². The lowest BCUT2D eigenvalue weighted by Gasteiger charge is -2.09. The minimum Gasteiger partial charge on any atom is -0.491 e. The summed E-state index contributed by atoms with van der Waals surface area (Å²) in [5.74, 6) is -0.232. The summed E-state index contributed by atoms with van der Waals surface area (Å²) in [5.41, 5.74) is 6.34. The molecule has 0 spiro atoms. The van der Waals surface area contributed by atoms with Gasteiger partial charge in [0.1, 0.15) is 19.0 Å². The van der Waals surface area contributed by atoms with Gasteiger partial charge in [-0.15, -0.1) is 0 Å². The third-order valence-electron chi connectivity index (χ3n) is 5.69. The smallest absolute Gasteiger partial charge is 0.329 e. The molecule has 0 fully saturated rings. The van der Waals surface area contributed by atoms with Gasteiger partial charge in [-0.3, -0.25) is 0 Å². The van der Waals surface area contributed by atoms with E-state index in [1.54, 1.807) is 12.1 Å². The standard InChI is InChI=1S/C32H57NO15/c33-30-1-3-31(4-2-30)48-28-27-46-24-23-44-20-19-42-16-15-40-12-11-38-8-7-36-5-6-37-9-10-39-13-14-41-17-18-43-21-22-45-25-26-47-29-32(34)35/h1-4H,5-29,33H2,(H,34,35). The number of anilines is 1. The zero-order chi connectivity index (χ0) is 34.4. The van der Waals surface area contributed by atoms with Crippen LogP contribution in [-0.2, 0) is 61.6 Å². The first kappa shape index (κ1) is 43.8. The largest absolute Gasteiger partial charge is 0.491 e. The molecule has 48 heavy (non-hydrogen) atoms. The van der Waals surface area contributed by atoms with Crippen molar-refractivity contribution in [2.45, 2.75) is 0 Å². The molecule has 0 aromatic heterocycles. The van der Waals surface area contributed by atoms with Crippen LogP contribution in [0.25, 0.3) is 0 Å². The third kappa shape index (κ3) is 33.7. The van der Waals surface area contributed by atoms with Crippen LogP contribution in [-0.4, -0.2) is 176 Å². The molecule has 280 valence electrons. The van der Waals surface area contributed by atoms with Gasteiger partial charge >= 0.3 is 5.97 Å². The topological polar surface area (TPSA) is 183 Å². The lowest BCUT2D eigenvalue weighted by Crippen LogP contribution is -2.16. The molecule has 1 rings (SSSR count). The van der Waals surface area contributed by atoms with Crippen LogP contribution in [0.4, 0.5) is 5.69 Å². The Morgan fingerprint density at radius 3 is 0.875 bits per heavy atom. The fourth-order valence-electron chi connectivity index (χ4n) is 3.36. The van der Waals surface area contributed by atoms with Crippen molar-refractivity contribution in [1.82, 2.24) is 0 Å². The highest BCUT2D eigenvalue weighted by molar-refractivity contribution is 5.67. The van der Waals surface area contributed by atoms with Crippen LogP contribution in [0.15, 0.2) is 24.3 Å². The van der Waals surface area contributed by atoms with Crippen molar-refractivity contribution in [3.63, 3.8) is 0 Å². The van der Waals surface area contributed by atoms with Gasteiger partial charge in [-0.1, -0.05) is 0 Å². The monoisotopic (exact) mass is 695 g/mol. The van der Waals surface area contributed by atoms with Gasteiger partial charge in [-0.2, -0.15) is 0 Å². The quantitative estimate of drug-likeness (QED) is 0.0732. The summed E-state index contributed by atoms with van der Waals surface area (Å²) in [6, 6.07) is 7.24. The maximum absolute atomic E-state index is 10.3. The molecule has 0 aliphatic heterocycles. The van der Waals surface area contributed by atoms with Gasteiger partial charge in [0, 0.05) is 5.69 Å². The molecule has 16 nitrogen and oxygen atoms in total. The lowest BCUT2D eigenvalue weighted by atomic mass is 10.3. The first-order valence-electron chi connectivity index (χ1n) is 16.3. The first-order chi connectivity index (χ1) is 23.7. The molecule has 0 radical (unpaired) electrons. The number of nitrogen functional groups attached to an aromatic ring is 1. The lowest BCUT2D eigenvalue weighted by molar-refractivity contribution is -0.142. The van der Waals surface area contributed by atoms with E-state index in [9.17, 15) is 4.79 Å². The zero-order valence-corrected chi connectivity index (χ0v) is 28.2. The van der Waals surface area contributed by atoms with Crippen LogP contribution < -0.4 is 10.5 Å². The van der Waals surface area contributed by atoms with Crippen molar-refractivity contribution in [3.8, 4) is 5.75 Å². The number of hydrogen-bond acceptors (Lipinski definition) is 15. The summed E-state index contributed by atoms with van der Waals surface area (Å²) < 4.78 is 70.1. The Morgan fingerprint density at radius 1 is 0.396 bits per heavy atom. The zero-order valence-electron chi connectivity index (χ0n) is 28.2. The first-order valence-corrected chi connectivity index (χ1v) is 16.3. The van der Waals surface area contributed by atoms with E-state index in [4.69, 9.17) is 72.4 Å². The molecule has 0 saturated carbocycles. The van der Waals surface area contributed by atoms with Gasteiger partial charge in [0.2, 0.25) is 0 Å². The molecule has 0 atom stereocenters. The fourth-order valence-corrected chi connectivity index (χ4v) is 3.36. The highest BCUT2D eigenvalue weighted by Gasteiger charge is 1.98. The highest BCUT2D eigenvalue weighted by atomic mass is 16.6. The molecular formula is C32H57NO15. The molecule has 0 aliphatic carbocycles. The van der Waals surface area contributed by atoms with Crippen LogP contribution in [0.1, 0.15) is 0 Å². The number of nitrogens with two attached hydrogens (primary N) is 1. The van der Waals surface area contributed by atoms with Crippen molar-refractivity contribution >= 4 is 11.7 Å². The van der Waals surface area contributed by atoms with Crippen molar-refractivity contribution in [2.75, 3.05) is 171 Å². The number of carboxylic acid groups (broad SMARTS) is 1. The summed E-state index contributed by atoms with van der Waals surface area (Å²) in [5, 5.41) is 8.43. The molecule has 0 aliphatic rings. The summed E-state index contributed by atoms with van der Waals surface area (Å²) in [4.78, 5) is 10.3. The van der Waals surface area contributed by atoms with E-state index in [1.807, 2.05) is 12.1 Å². The fraction of sp³-hybridized carbons (Fsp3) is 0.781. The van der Waals surface area contributed by atoms with Gasteiger partial charge in [0.25, 0.3) is 0 Å². The van der Waals surface area contributed by atoms with E-state index in [2.05, 4.69) is 0 Å². The molecule has 0 amide bonds. The Hall–Kier alpha value is -2.19. The Kier molecular flexibility index (Phi) is 33.0. The van der Waals surface area contributed by atoms with E-state index in [-0.39, 0.29) is 13.2 Å². The number of carbonyl (C=O) groups is 1. The molecule has 0 heterocycles. The SMILES string of the molecule is Nc1ccc(OCCOCCOCCOCCOCCOCCOCCOCCOCCOCCOCCOCCOCC(=O)O)cc1. The van der Waals surface area contributed by atoms with Crippen molar-refractivity contribution in [2.24, 2.45) is 0 Å². The normalized spacial score (nSPS) is 11.3. The molecule has 0 bridgehead atoms. The molecule has 0 saturated heterocycles. The summed E-state index contributed by atoms with van der Waals surface area (Å²) in [6.45, 7) is 10.8. The van der Waals surface area contributed by atoms with Crippen molar-refractivity contribution in [1.29, 1.82) is 0 Å². The number of aliphatic carboxylic acids is 1. The van der Waals surface area contributed by atoms with Crippen molar-refractivity contribution in [3.05, 3.63) is 24.3 Å². The Labute approximate surface area is 284 Å². The predicted molar refractivity (Wildman–Crippen MR) is 174 cm³/mol. The average Bonchev–Trinajstić information content (AvgIpc) is 3.08. The maximum atomic E-state index is 10.3. The summed E-state index contributed by atoms with van der Waals surface area (Å²) in [7, 11) is 0. The second kappa shape index (κ2) is 36.1. The Balaban J connectivity index is 1.62. The highest BCUT2D eigenvalue weighted by Crippen LogP contribution is 2.12. The summed E-state index contributed by atoms with van der Waals surface area (Å²) >= 11 is 0. The van der Waals surface area contributed by atoms with E-state index < -0.39 is 5.97 Å². The number of ether oxygens (including phenoxy) is 13. The molecule has 16 heteroatoms. The van der Waals surface area contributed by atoms with Crippen LogP contribution >= 0.6 is 0 Å². The van der Waals surface area contributed by atoms with Gasteiger partial charge < -0.3 is 72.4 Å². The summed E-state index contributed by atoms with van der Waals surface area (Å²) in [6.07, 6.45) is 0.